The number of hydrogen-bond donors (Lipinski definition) is 2. The Balaban J connectivity index is 1.88. The first-order valence-corrected chi connectivity index (χ1v) is 6.48. The van der Waals surface area contributed by atoms with Crippen LogP contribution in [0.4, 0.5) is 10.5 Å². The lowest BCUT2D eigenvalue weighted by atomic mass is 10.2. The lowest BCUT2D eigenvalue weighted by Crippen LogP contribution is -2.23. The third-order valence-electron chi connectivity index (χ3n) is 2.75. The number of pyridine rings is 1. The molecule has 0 saturated carbocycles. The van der Waals surface area contributed by atoms with Crippen molar-refractivity contribution >= 4 is 17.8 Å². The third-order valence-corrected chi connectivity index (χ3v) is 2.75. The molecule has 21 heavy (non-hydrogen) atoms. The summed E-state index contributed by atoms with van der Waals surface area (Å²) in [6.45, 7) is 1.89. The number of nitrogens with zero attached hydrogens (tertiary/aromatic N) is 1. The monoisotopic (exact) mass is 283 g/mol. The van der Waals surface area contributed by atoms with E-state index in [-0.39, 0.29) is 6.03 Å². The van der Waals surface area contributed by atoms with Gasteiger partial charge in [0.2, 0.25) is 0 Å². The van der Waals surface area contributed by atoms with Gasteiger partial charge in [0.05, 0.1) is 19.0 Å². The number of rotatable bonds is 4. The lowest BCUT2D eigenvalue weighted by Gasteiger charge is -2.04. The molecule has 108 valence electrons. The lowest BCUT2D eigenvalue weighted by molar-refractivity contribution is 0.255. The average molecular weight is 283 g/mol. The summed E-state index contributed by atoms with van der Waals surface area (Å²) in [4.78, 5) is 15.8. The summed E-state index contributed by atoms with van der Waals surface area (Å²) < 4.78 is 5.13. The van der Waals surface area contributed by atoms with Crippen molar-refractivity contribution in [2.75, 3.05) is 12.4 Å². The second kappa shape index (κ2) is 7.09. The Morgan fingerprint density at radius 2 is 2.14 bits per heavy atom. The SMILES string of the molecule is COc1cccc(/C=C/NC(=O)Nc2ccc(C)nc2)c1. The minimum Gasteiger partial charge on any atom is -0.497 e. The maximum Gasteiger partial charge on any atom is 0.323 e. The molecule has 1 aromatic heterocycles. The first-order valence-electron chi connectivity index (χ1n) is 6.48. The summed E-state index contributed by atoms with van der Waals surface area (Å²) in [7, 11) is 1.62. The zero-order valence-corrected chi connectivity index (χ0v) is 12.0. The Hall–Kier alpha value is -2.82. The number of ether oxygens (including phenoxy) is 1. The van der Waals surface area contributed by atoms with Crippen LogP contribution in [0.1, 0.15) is 11.3 Å². The highest BCUT2D eigenvalue weighted by atomic mass is 16.5. The molecule has 0 unspecified atom stereocenters. The van der Waals surface area contributed by atoms with Crippen LogP contribution in [-0.4, -0.2) is 18.1 Å². The Morgan fingerprint density at radius 1 is 1.29 bits per heavy atom. The Labute approximate surface area is 123 Å². The minimum atomic E-state index is -0.320. The van der Waals surface area contributed by atoms with Gasteiger partial charge in [0.1, 0.15) is 5.75 Å². The maximum atomic E-state index is 11.7. The van der Waals surface area contributed by atoms with Crippen molar-refractivity contribution in [3.8, 4) is 5.75 Å². The number of anilines is 1. The summed E-state index contributed by atoms with van der Waals surface area (Å²) in [6, 6.07) is 10.9. The zero-order valence-electron chi connectivity index (χ0n) is 12.0. The minimum absolute atomic E-state index is 0.320. The van der Waals surface area contributed by atoms with E-state index < -0.39 is 0 Å². The fraction of sp³-hybridized carbons (Fsp3) is 0.125. The van der Waals surface area contributed by atoms with Gasteiger partial charge < -0.3 is 15.4 Å². The van der Waals surface area contributed by atoms with Crippen molar-refractivity contribution in [1.29, 1.82) is 0 Å². The normalized spacial score (nSPS) is 10.4. The van der Waals surface area contributed by atoms with Crippen LogP contribution in [0.15, 0.2) is 48.8 Å². The molecule has 0 bridgehead atoms. The van der Waals surface area contributed by atoms with E-state index in [0.717, 1.165) is 17.0 Å². The standard InChI is InChI=1S/C16H17N3O2/c1-12-6-7-14(11-18-12)19-16(20)17-9-8-13-4-3-5-15(10-13)21-2/h3-11H,1-2H3,(H2,17,19,20)/b9-8+. The van der Waals surface area contributed by atoms with Crippen molar-refractivity contribution in [1.82, 2.24) is 10.3 Å². The summed E-state index contributed by atoms with van der Waals surface area (Å²) >= 11 is 0. The van der Waals surface area contributed by atoms with Crippen LogP contribution in [0.2, 0.25) is 0 Å². The third kappa shape index (κ3) is 4.65. The first-order chi connectivity index (χ1) is 10.2. The quantitative estimate of drug-likeness (QED) is 0.905. The van der Waals surface area contributed by atoms with Crippen molar-refractivity contribution < 1.29 is 9.53 Å². The number of carbonyl (C=O) groups is 1. The zero-order chi connectivity index (χ0) is 15.1. The van der Waals surface area contributed by atoms with E-state index in [0.29, 0.717) is 5.69 Å². The Kier molecular flexibility index (Phi) is 4.93. The van der Waals surface area contributed by atoms with Gasteiger partial charge in [-0.25, -0.2) is 4.79 Å². The van der Waals surface area contributed by atoms with Crippen LogP contribution in [0, 0.1) is 6.92 Å². The van der Waals surface area contributed by atoms with Gasteiger partial charge in [0.15, 0.2) is 0 Å². The molecule has 0 aliphatic rings. The number of aryl methyl sites for hydroxylation is 1. The van der Waals surface area contributed by atoms with E-state index >= 15 is 0 Å². The number of amides is 2. The molecule has 0 atom stereocenters. The number of carbonyl (C=O) groups excluding carboxylic acids is 1. The molecule has 2 N–H and O–H groups in total. The second-order valence-corrected chi connectivity index (χ2v) is 4.40. The van der Waals surface area contributed by atoms with Crippen LogP contribution < -0.4 is 15.4 Å². The summed E-state index contributed by atoms with van der Waals surface area (Å²) in [5.41, 5.74) is 2.48. The summed E-state index contributed by atoms with van der Waals surface area (Å²) in [6.07, 6.45) is 4.97. The molecule has 0 saturated heterocycles. The smallest absolute Gasteiger partial charge is 0.323 e. The fourth-order valence-corrected chi connectivity index (χ4v) is 1.67. The molecular formula is C16H17N3O2. The molecule has 5 heteroatoms. The van der Waals surface area contributed by atoms with E-state index in [1.54, 1.807) is 31.6 Å². The molecular weight excluding hydrogens is 266 g/mol. The highest BCUT2D eigenvalue weighted by Crippen LogP contribution is 2.13. The van der Waals surface area contributed by atoms with Crippen molar-refractivity contribution in [2.45, 2.75) is 6.92 Å². The largest absolute Gasteiger partial charge is 0.497 e. The van der Waals surface area contributed by atoms with Crippen LogP contribution in [-0.2, 0) is 0 Å². The van der Waals surface area contributed by atoms with E-state index in [1.165, 1.54) is 0 Å². The number of nitrogens with one attached hydrogen (secondary N) is 2. The fourth-order valence-electron chi connectivity index (χ4n) is 1.67. The van der Waals surface area contributed by atoms with Crippen molar-refractivity contribution in [2.24, 2.45) is 0 Å². The molecule has 0 fully saturated rings. The number of benzene rings is 1. The molecule has 0 spiro atoms. The Bertz CT molecular complexity index is 636. The molecule has 2 rings (SSSR count). The van der Waals surface area contributed by atoms with Gasteiger partial charge >= 0.3 is 6.03 Å². The number of aromatic nitrogens is 1. The van der Waals surface area contributed by atoms with Gasteiger partial charge in [-0.15, -0.1) is 0 Å². The van der Waals surface area contributed by atoms with Crippen molar-refractivity contribution in [3.05, 3.63) is 60.1 Å². The Morgan fingerprint density at radius 3 is 2.86 bits per heavy atom. The first kappa shape index (κ1) is 14.6. The van der Waals surface area contributed by atoms with Crippen LogP contribution in [0.25, 0.3) is 6.08 Å². The van der Waals surface area contributed by atoms with E-state index in [4.69, 9.17) is 4.74 Å². The average Bonchev–Trinajstić information content (AvgIpc) is 2.50. The second-order valence-electron chi connectivity index (χ2n) is 4.40. The van der Waals surface area contributed by atoms with Crippen LogP contribution in [0.3, 0.4) is 0 Å². The van der Waals surface area contributed by atoms with Crippen LogP contribution >= 0.6 is 0 Å². The summed E-state index contributed by atoms with van der Waals surface area (Å²) in [5, 5.41) is 5.32. The van der Waals surface area contributed by atoms with E-state index in [1.807, 2.05) is 37.3 Å². The van der Waals surface area contributed by atoms with Gasteiger partial charge in [-0.1, -0.05) is 12.1 Å². The number of urea groups is 1. The molecule has 2 aromatic rings. The predicted octanol–water partition coefficient (Wildman–Crippen LogP) is 3.19. The molecule has 2 amide bonds. The van der Waals surface area contributed by atoms with E-state index in [9.17, 15) is 4.79 Å². The molecule has 5 nitrogen and oxygen atoms in total. The van der Waals surface area contributed by atoms with E-state index in [2.05, 4.69) is 15.6 Å². The predicted molar refractivity (Wildman–Crippen MR) is 83.2 cm³/mol. The molecule has 1 heterocycles. The van der Waals surface area contributed by atoms with Gasteiger partial charge in [0, 0.05) is 11.9 Å². The number of hydrogen-bond acceptors (Lipinski definition) is 3. The highest BCUT2D eigenvalue weighted by molar-refractivity contribution is 5.90. The van der Waals surface area contributed by atoms with Gasteiger partial charge in [0.25, 0.3) is 0 Å². The summed E-state index contributed by atoms with van der Waals surface area (Å²) in [5.74, 6) is 0.771. The molecule has 1 aromatic carbocycles. The van der Waals surface area contributed by atoms with Crippen LogP contribution in [0.5, 0.6) is 5.75 Å². The van der Waals surface area contributed by atoms with Gasteiger partial charge in [-0.2, -0.15) is 0 Å². The van der Waals surface area contributed by atoms with Gasteiger partial charge in [-0.3, -0.25) is 4.98 Å². The number of methoxy groups -OCH3 is 1. The molecule has 0 radical (unpaired) electrons. The molecule has 0 aliphatic heterocycles. The van der Waals surface area contributed by atoms with Crippen molar-refractivity contribution in [3.63, 3.8) is 0 Å². The topological polar surface area (TPSA) is 63.2 Å². The molecule has 0 aliphatic carbocycles. The highest BCUT2D eigenvalue weighted by Gasteiger charge is 1.99. The maximum absolute atomic E-state index is 11.7. The van der Waals surface area contributed by atoms with Gasteiger partial charge in [-0.05, 0) is 42.8 Å².